The van der Waals surface area contributed by atoms with Crippen molar-refractivity contribution >= 4 is 98.3 Å². The second-order valence-corrected chi connectivity index (χ2v) is 11.9. The predicted octanol–water partition coefficient (Wildman–Crippen LogP) is 11.6. The van der Waals surface area contributed by atoms with Crippen LogP contribution in [0.3, 0.4) is 0 Å². The molecular weight excluding hydrogens is 678 g/mol. The predicted molar refractivity (Wildman–Crippen MR) is 175 cm³/mol. The fraction of sp³-hybridized carbons (Fsp3) is 0.133. The number of carbonyl (C=O) groups is 2. The number of hydrogen-bond acceptors (Lipinski definition) is 4. The molecule has 2 nitrogen and oxygen atoms in total. The molecule has 0 atom stereocenters. The molecule has 0 unspecified atom stereocenters. The van der Waals surface area contributed by atoms with Crippen LogP contribution >= 0.6 is 86.7 Å². The van der Waals surface area contributed by atoms with Crippen molar-refractivity contribution < 1.29 is 9.59 Å². The molecule has 0 bridgehead atoms. The summed E-state index contributed by atoms with van der Waals surface area (Å²) in [5.41, 5.74) is 3.75. The Morgan fingerprint density at radius 1 is 0.718 bits per heavy atom. The highest BCUT2D eigenvalue weighted by Crippen LogP contribution is 2.32. The Balaban J connectivity index is 0.000000226. The van der Waals surface area contributed by atoms with Gasteiger partial charge in [0.1, 0.15) is 0 Å². The number of ketones is 2. The minimum atomic E-state index is 0.0800. The summed E-state index contributed by atoms with van der Waals surface area (Å²) in [6.07, 6.45) is 0. The summed E-state index contributed by atoms with van der Waals surface area (Å²) in [5, 5.41) is 3.31. The molecule has 0 fully saturated rings. The monoisotopic (exact) mass is 700 g/mol. The molecule has 9 heteroatoms. The van der Waals surface area contributed by atoms with Gasteiger partial charge in [0.25, 0.3) is 0 Å². The molecule has 0 spiro atoms. The number of rotatable bonds is 6. The van der Waals surface area contributed by atoms with E-state index in [-0.39, 0.29) is 11.6 Å². The molecule has 0 N–H and O–H groups in total. The first-order chi connectivity index (χ1) is 18.5. The highest BCUT2D eigenvalue weighted by molar-refractivity contribution is 9.08. The lowest BCUT2D eigenvalue weighted by molar-refractivity contribution is 0.100. The minimum Gasteiger partial charge on any atom is -0.295 e. The van der Waals surface area contributed by atoms with Gasteiger partial charge < -0.3 is 0 Å². The number of thiol groups is 1. The Hall–Kier alpha value is -1.44. The maximum Gasteiger partial charge on any atom is 0.159 e. The van der Waals surface area contributed by atoms with Crippen molar-refractivity contribution in [1.29, 1.82) is 0 Å². The number of carbonyl (C=O) groups excluding carboxylic acids is 2. The summed E-state index contributed by atoms with van der Waals surface area (Å²) in [4.78, 5) is 24.0. The van der Waals surface area contributed by atoms with E-state index in [9.17, 15) is 9.59 Å². The van der Waals surface area contributed by atoms with Crippen LogP contribution in [0.1, 0.15) is 45.7 Å². The van der Waals surface area contributed by atoms with E-state index >= 15 is 0 Å². The zero-order chi connectivity index (χ0) is 28.9. The van der Waals surface area contributed by atoms with Crippen molar-refractivity contribution in [2.24, 2.45) is 0 Å². The van der Waals surface area contributed by atoms with Gasteiger partial charge in [0.15, 0.2) is 11.6 Å². The number of hydrogen-bond donors (Lipinski definition) is 1. The lowest BCUT2D eigenvalue weighted by Crippen LogP contribution is -1.92. The summed E-state index contributed by atoms with van der Waals surface area (Å²) in [6.45, 7) is 3.15. The molecule has 0 radical (unpaired) electrons. The fourth-order valence-electron chi connectivity index (χ4n) is 2.99. The Bertz CT molecular complexity index is 1430. The summed E-state index contributed by atoms with van der Waals surface area (Å²) >= 11 is 32.2. The second-order valence-electron chi connectivity index (χ2n) is 8.11. The van der Waals surface area contributed by atoms with Gasteiger partial charge in [-0.25, -0.2) is 0 Å². The molecule has 0 aliphatic heterocycles. The highest BCUT2D eigenvalue weighted by atomic mass is 79.9. The average molecular weight is 703 g/mol. The first kappa shape index (κ1) is 33.8. The summed E-state index contributed by atoms with van der Waals surface area (Å²) in [7, 11) is 0. The standard InChI is InChI=1S/C15H12Cl2OS.C9H9BrO.C6H4Cl2S/c1-10(18)12-4-2-3-11(7-12)9-19-15-6-5-13(16)8-14(15)17;1-7(11)9-4-2-3-8(5-9)6-10;7-4-1-2-6(9)5(8)3-4/h2-8H,9H2,1H3;2-5H,6H2,1H3;1-3,9H. The van der Waals surface area contributed by atoms with Crippen LogP contribution in [0, 0.1) is 0 Å². The lowest BCUT2D eigenvalue weighted by Gasteiger charge is -2.06. The van der Waals surface area contributed by atoms with Crippen molar-refractivity contribution in [1.82, 2.24) is 0 Å². The topological polar surface area (TPSA) is 34.1 Å². The van der Waals surface area contributed by atoms with E-state index in [1.54, 1.807) is 49.9 Å². The van der Waals surface area contributed by atoms with Crippen LogP contribution in [-0.4, -0.2) is 11.6 Å². The number of Topliss-reactive ketones (excluding diaryl/α,β-unsaturated/α-hetero) is 2. The van der Waals surface area contributed by atoms with E-state index < -0.39 is 0 Å². The average Bonchev–Trinajstić information content (AvgIpc) is 2.91. The second kappa shape index (κ2) is 17.4. The molecule has 4 aromatic carbocycles. The molecule has 204 valence electrons. The van der Waals surface area contributed by atoms with Crippen LogP contribution < -0.4 is 0 Å². The zero-order valence-electron chi connectivity index (χ0n) is 21.1. The van der Waals surface area contributed by atoms with E-state index in [1.165, 1.54) is 0 Å². The molecule has 4 rings (SSSR count). The number of alkyl halides is 1. The van der Waals surface area contributed by atoms with Crippen LogP contribution in [0.4, 0.5) is 0 Å². The third-order valence-electron chi connectivity index (χ3n) is 5.02. The van der Waals surface area contributed by atoms with Gasteiger partial charge in [0.2, 0.25) is 0 Å². The number of halogens is 5. The molecule has 39 heavy (non-hydrogen) atoms. The van der Waals surface area contributed by atoms with Gasteiger partial charge in [-0.05, 0) is 73.5 Å². The third kappa shape index (κ3) is 12.3. The van der Waals surface area contributed by atoms with Crippen LogP contribution in [0.2, 0.25) is 20.1 Å². The molecular formula is C30H25BrCl4O2S2. The Morgan fingerprint density at radius 2 is 1.23 bits per heavy atom. The quantitative estimate of drug-likeness (QED) is 0.0940. The molecule has 4 aromatic rings. The molecule has 0 aliphatic carbocycles. The van der Waals surface area contributed by atoms with Crippen molar-refractivity contribution in [3.05, 3.63) is 127 Å². The minimum absolute atomic E-state index is 0.0800. The van der Waals surface area contributed by atoms with Gasteiger partial charge in [-0.3, -0.25) is 9.59 Å². The molecule has 0 saturated heterocycles. The summed E-state index contributed by atoms with van der Waals surface area (Å²) in [6, 6.07) is 25.9. The van der Waals surface area contributed by atoms with Crippen LogP contribution in [0.5, 0.6) is 0 Å². The smallest absolute Gasteiger partial charge is 0.159 e. The lowest BCUT2D eigenvalue weighted by atomic mass is 10.1. The highest BCUT2D eigenvalue weighted by Gasteiger charge is 2.05. The van der Waals surface area contributed by atoms with Crippen molar-refractivity contribution in [2.45, 2.75) is 34.7 Å². The van der Waals surface area contributed by atoms with E-state index in [0.29, 0.717) is 20.1 Å². The van der Waals surface area contributed by atoms with Crippen LogP contribution in [0.25, 0.3) is 0 Å². The van der Waals surface area contributed by atoms with Crippen LogP contribution in [0.15, 0.2) is 94.7 Å². The third-order valence-corrected chi connectivity index (χ3v) is 8.54. The van der Waals surface area contributed by atoms with Gasteiger partial charge in [-0.15, -0.1) is 24.4 Å². The maximum atomic E-state index is 11.3. The van der Waals surface area contributed by atoms with Gasteiger partial charge in [-0.2, -0.15) is 0 Å². The Morgan fingerprint density at radius 3 is 1.72 bits per heavy atom. The normalized spacial score (nSPS) is 10.1. The van der Waals surface area contributed by atoms with E-state index in [0.717, 1.165) is 43.1 Å². The van der Waals surface area contributed by atoms with Gasteiger partial charge in [0.05, 0.1) is 10.0 Å². The number of benzene rings is 4. The molecule has 0 aromatic heterocycles. The van der Waals surface area contributed by atoms with E-state index in [4.69, 9.17) is 46.4 Å². The Kier molecular flexibility index (Phi) is 15.1. The zero-order valence-corrected chi connectivity index (χ0v) is 27.4. The van der Waals surface area contributed by atoms with Crippen molar-refractivity contribution in [2.75, 3.05) is 0 Å². The van der Waals surface area contributed by atoms with Crippen molar-refractivity contribution in [3.8, 4) is 0 Å². The Labute approximate surface area is 267 Å². The molecule has 0 aliphatic rings. The summed E-state index contributed by atoms with van der Waals surface area (Å²) < 4.78 is 0. The van der Waals surface area contributed by atoms with Crippen LogP contribution in [-0.2, 0) is 11.1 Å². The van der Waals surface area contributed by atoms with E-state index in [2.05, 4.69) is 28.6 Å². The first-order valence-corrected chi connectivity index (χ1v) is 15.5. The van der Waals surface area contributed by atoms with Gasteiger partial charge in [-0.1, -0.05) is 98.7 Å². The largest absolute Gasteiger partial charge is 0.295 e. The number of thioether (sulfide) groups is 1. The van der Waals surface area contributed by atoms with Gasteiger partial charge in [0, 0.05) is 42.0 Å². The molecule has 0 saturated carbocycles. The fourth-order valence-corrected chi connectivity index (χ4v) is 5.32. The molecule has 0 heterocycles. The summed E-state index contributed by atoms with van der Waals surface area (Å²) in [5.74, 6) is 0.965. The molecule has 0 amide bonds. The maximum absolute atomic E-state index is 11.3. The van der Waals surface area contributed by atoms with E-state index in [1.807, 2.05) is 60.7 Å². The van der Waals surface area contributed by atoms with Crippen molar-refractivity contribution in [3.63, 3.8) is 0 Å². The SMILES string of the molecule is CC(=O)c1cccc(CBr)c1.CC(=O)c1cccc(CSc2ccc(Cl)cc2Cl)c1.Sc1ccc(Cl)cc1Cl. The van der Waals surface area contributed by atoms with Gasteiger partial charge >= 0.3 is 0 Å². The first-order valence-electron chi connectivity index (χ1n) is 11.5.